The lowest BCUT2D eigenvalue weighted by atomic mass is 10.0. The van der Waals surface area contributed by atoms with Gasteiger partial charge in [-0.05, 0) is 33.9 Å². The monoisotopic (exact) mass is 199 g/mol. The van der Waals surface area contributed by atoms with Crippen molar-refractivity contribution in [3.8, 4) is 0 Å². The molecular formula is C11H25N3. The minimum Gasteiger partial charge on any atom is -0.292 e. The van der Waals surface area contributed by atoms with Crippen molar-refractivity contribution in [1.82, 2.24) is 15.1 Å². The van der Waals surface area contributed by atoms with Gasteiger partial charge in [0.15, 0.2) is 0 Å². The van der Waals surface area contributed by atoms with E-state index in [1.807, 2.05) is 7.05 Å². The highest BCUT2D eigenvalue weighted by atomic mass is 15.5. The summed E-state index contributed by atoms with van der Waals surface area (Å²) < 4.78 is 0. The average molecular weight is 199 g/mol. The van der Waals surface area contributed by atoms with Crippen molar-refractivity contribution in [2.45, 2.75) is 46.1 Å². The number of rotatable bonds is 3. The van der Waals surface area contributed by atoms with Crippen LogP contribution in [0.4, 0.5) is 0 Å². The third kappa shape index (κ3) is 2.10. The molecule has 0 radical (unpaired) electrons. The van der Waals surface area contributed by atoms with Gasteiger partial charge in [0, 0.05) is 18.6 Å². The Morgan fingerprint density at radius 2 is 1.79 bits per heavy atom. The summed E-state index contributed by atoms with van der Waals surface area (Å²) in [5.74, 6) is 0.721. The van der Waals surface area contributed by atoms with Crippen LogP contribution in [0.2, 0.25) is 0 Å². The lowest BCUT2D eigenvalue weighted by Crippen LogP contribution is -2.52. The topological polar surface area (TPSA) is 18.5 Å². The molecule has 1 saturated heterocycles. The van der Waals surface area contributed by atoms with Crippen molar-refractivity contribution in [3.05, 3.63) is 0 Å². The smallest absolute Gasteiger partial charge is 0.117 e. The predicted octanol–water partition coefficient (Wildman–Crippen LogP) is 1.17. The molecule has 84 valence electrons. The second kappa shape index (κ2) is 4.60. The summed E-state index contributed by atoms with van der Waals surface area (Å²) >= 11 is 0. The molecule has 3 heteroatoms. The number of hydrogen-bond donors (Lipinski definition) is 1. The summed E-state index contributed by atoms with van der Waals surface area (Å²) in [5.41, 5.74) is 0. The largest absolute Gasteiger partial charge is 0.292 e. The molecule has 0 saturated carbocycles. The maximum atomic E-state index is 3.38. The van der Waals surface area contributed by atoms with Crippen LogP contribution in [0, 0.1) is 5.92 Å². The van der Waals surface area contributed by atoms with Crippen LogP contribution in [0.1, 0.15) is 27.7 Å². The summed E-state index contributed by atoms with van der Waals surface area (Å²) in [6, 6.07) is 1.28. The average Bonchev–Trinajstić information content (AvgIpc) is 2.42. The maximum absolute atomic E-state index is 3.38. The van der Waals surface area contributed by atoms with Crippen LogP contribution in [0.3, 0.4) is 0 Å². The normalized spacial score (nSPS) is 30.9. The van der Waals surface area contributed by atoms with Crippen LogP contribution >= 0.6 is 0 Å². The van der Waals surface area contributed by atoms with Gasteiger partial charge in [-0.3, -0.25) is 15.1 Å². The zero-order valence-electron chi connectivity index (χ0n) is 10.4. The van der Waals surface area contributed by atoms with E-state index in [9.17, 15) is 0 Å². The molecule has 0 aliphatic carbocycles. The third-order valence-corrected chi connectivity index (χ3v) is 3.18. The van der Waals surface area contributed by atoms with Crippen LogP contribution in [0.5, 0.6) is 0 Å². The van der Waals surface area contributed by atoms with Crippen LogP contribution < -0.4 is 5.32 Å². The van der Waals surface area contributed by atoms with E-state index in [1.54, 1.807) is 0 Å². The Morgan fingerprint density at radius 3 is 2.14 bits per heavy atom. The Bertz CT molecular complexity index is 179. The first-order chi connectivity index (χ1) is 6.49. The molecule has 0 bridgehead atoms. The van der Waals surface area contributed by atoms with Crippen molar-refractivity contribution in [2.75, 3.05) is 20.6 Å². The highest BCUT2D eigenvalue weighted by Gasteiger charge is 2.39. The van der Waals surface area contributed by atoms with Crippen LogP contribution in [0.15, 0.2) is 0 Å². The van der Waals surface area contributed by atoms with Crippen molar-refractivity contribution < 1.29 is 0 Å². The number of nitrogens with zero attached hydrogens (tertiary/aromatic N) is 2. The molecular weight excluding hydrogens is 174 g/mol. The van der Waals surface area contributed by atoms with Gasteiger partial charge in [-0.2, -0.15) is 0 Å². The van der Waals surface area contributed by atoms with Crippen molar-refractivity contribution in [2.24, 2.45) is 5.92 Å². The molecule has 1 heterocycles. The first kappa shape index (κ1) is 12.0. The first-order valence-electron chi connectivity index (χ1n) is 5.64. The quantitative estimate of drug-likeness (QED) is 0.736. The highest BCUT2D eigenvalue weighted by molar-refractivity contribution is 4.90. The van der Waals surface area contributed by atoms with Gasteiger partial charge in [-0.1, -0.05) is 13.8 Å². The van der Waals surface area contributed by atoms with E-state index in [0.717, 1.165) is 5.92 Å². The van der Waals surface area contributed by atoms with Crippen molar-refractivity contribution in [1.29, 1.82) is 0 Å². The fraction of sp³-hybridized carbons (Fsp3) is 1.00. The van der Waals surface area contributed by atoms with E-state index >= 15 is 0 Å². The van der Waals surface area contributed by atoms with Gasteiger partial charge in [0.1, 0.15) is 6.29 Å². The fourth-order valence-electron chi connectivity index (χ4n) is 2.49. The molecule has 0 spiro atoms. The highest BCUT2D eigenvalue weighted by Crippen LogP contribution is 2.25. The van der Waals surface area contributed by atoms with E-state index in [4.69, 9.17) is 0 Å². The number of likely N-dealkylation sites (N-methyl/N-ethyl adjacent to an activating group) is 1. The Labute approximate surface area is 88.5 Å². The minimum absolute atomic E-state index is 0.405. The van der Waals surface area contributed by atoms with E-state index in [2.05, 4.69) is 49.9 Å². The van der Waals surface area contributed by atoms with Crippen LogP contribution in [0.25, 0.3) is 0 Å². The predicted molar refractivity (Wildman–Crippen MR) is 61.1 cm³/mol. The summed E-state index contributed by atoms with van der Waals surface area (Å²) in [6.07, 6.45) is 0.405. The summed E-state index contributed by atoms with van der Waals surface area (Å²) in [7, 11) is 4.23. The second-order valence-corrected chi connectivity index (χ2v) is 4.95. The van der Waals surface area contributed by atoms with Gasteiger partial charge in [-0.25, -0.2) is 0 Å². The standard InChI is InChI=1S/C11H25N3/c1-8(2)10-7-13(6)11(12-5)14(10)9(3)4/h8-12H,7H2,1-6H3. The Balaban J connectivity index is 2.79. The van der Waals surface area contributed by atoms with Crippen molar-refractivity contribution >= 4 is 0 Å². The maximum Gasteiger partial charge on any atom is 0.117 e. The molecule has 1 aliphatic heterocycles. The van der Waals surface area contributed by atoms with Crippen molar-refractivity contribution in [3.63, 3.8) is 0 Å². The van der Waals surface area contributed by atoms with E-state index in [-0.39, 0.29) is 0 Å². The van der Waals surface area contributed by atoms with Gasteiger partial charge < -0.3 is 0 Å². The fourth-order valence-corrected chi connectivity index (χ4v) is 2.49. The molecule has 0 amide bonds. The molecule has 3 nitrogen and oxygen atoms in total. The summed E-state index contributed by atoms with van der Waals surface area (Å²) in [4.78, 5) is 4.97. The zero-order valence-corrected chi connectivity index (χ0v) is 10.4. The molecule has 0 aromatic carbocycles. The van der Waals surface area contributed by atoms with Crippen LogP contribution in [-0.2, 0) is 0 Å². The second-order valence-electron chi connectivity index (χ2n) is 4.95. The van der Waals surface area contributed by atoms with Gasteiger partial charge in [0.25, 0.3) is 0 Å². The molecule has 2 unspecified atom stereocenters. The van der Waals surface area contributed by atoms with E-state index in [1.165, 1.54) is 6.54 Å². The molecule has 14 heavy (non-hydrogen) atoms. The summed E-state index contributed by atoms with van der Waals surface area (Å²) in [6.45, 7) is 10.3. The molecule has 1 fully saturated rings. The van der Waals surface area contributed by atoms with Gasteiger partial charge in [0.05, 0.1) is 0 Å². The number of nitrogens with one attached hydrogen (secondary N) is 1. The molecule has 1 aliphatic rings. The summed E-state index contributed by atoms with van der Waals surface area (Å²) in [5, 5.41) is 3.38. The Morgan fingerprint density at radius 1 is 1.21 bits per heavy atom. The molecule has 1 N–H and O–H groups in total. The van der Waals surface area contributed by atoms with E-state index in [0.29, 0.717) is 18.4 Å². The third-order valence-electron chi connectivity index (χ3n) is 3.18. The Hall–Kier alpha value is -0.120. The number of hydrogen-bond acceptors (Lipinski definition) is 3. The molecule has 0 aromatic rings. The van der Waals surface area contributed by atoms with Gasteiger partial charge in [-0.15, -0.1) is 0 Å². The lowest BCUT2D eigenvalue weighted by Gasteiger charge is -2.35. The van der Waals surface area contributed by atoms with Gasteiger partial charge >= 0.3 is 0 Å². The van der Waals surface area contributed by atoms with Crippen LogP contribution in [-0.4, -0.2) is 48.8 Å². The molecule has 2 atom stereocenters. The molecule has 1 rings (SSSR count). The Kier molecular flexibility index (Phi) is 3.93. The minimum atomic E-state index is 0.405. The molecule has 0 aromatic heterocycles. The van der Waals surface area contributed by atoms with Gasteiger partial charge in [0.2, 0.25) is 0 Å². The zero-order chi connectivity index (χ0) is 10.9. The SMILES string of the molecule is CNC1N(C)CC(C(C)C)N1C(C)C. The van der Waals surface area contributed by atoms with E-state index < -0.39 is 0 Å². The lowest BCUT2D eigenvalue weighted by molar-refractivity contribution is 0.0698. The first-order valence-corrected chi connectivity index (χ1v) is 5.64.